The summed E-state index contributed by atoms with van der Waals surface area (Å²) in [4.78, 5) is 26.7. The molecule has 1 aromatic rings. The average molecular weight is 277 g/mol. The Hall–Kier alpha value is -1.95. The number of aromatic nitrogens is 1. The quantitative estimate of drug-likeness (QED) is 0.758. The molecule has 2 rings (SSSR count). The molecule has 1 aromatic heterocycles. The Kier molecular flexibility index (Phi) is 4.04. The van der Waals surface area contributed by atoms with Gasteiger partial charge in [0.1, 0.15) is 5.69 Å². The first-order valence-corrected chi connectivity index (χ1v) is 6.65. The number of nitrogens with two attached hydrogens (primary N) is 1. The summed E-state index contributed by atoms with van der Waals surface area (Å²) in [5.41, 5.74) is 6.25. The Bertz CT molecular complexity index is 515. The maximum atomic E-state index is 12.2. The van der Waals surface area contributed by atoms with Crippen LogP contribution in [0.3, 0.4) is 0 Å². The molecule has 1 fully saturated rings. The molecule has 6 nitrogen and oxygen atoms in total. The lowest BCUT2D eigenvalue weighted by molar-refractivity contribution is -0.130. The number of carbonyl (C=O) groups excluding carboxylic acids is 1. The van der Waals surface area contributed by atoms with Gasteiger partial charge in [-0.05, 0) is 31.4 Å². The fourth-order valence-corrected chi connectivity index (χ4v) is 2.51. The predicted octanol–water partition coefficient (Wildman–Crippen LogP) is 0.913. The number of hydrogen-bond acceptors (Lipinski definition) is 4. The first kappa shape index (κ1) is 14.5. The van der Waals surface area contributed by atoms with Crippen LogP contribution in [0, 0.1) is 5.41 Å². The van der Waals surface area contributed by atoms with Gasteiger partial charge in [0.15, 0.2) is 0 Å². The van der Waals surface area contributed by atoms with E-state index in [0.29, 0.717) is 6.54 Å². The summed E-state index contributed by atoms with van der Waals surface area (Å²) in [6.07, 6.45) is 4.11. The molecule has 0 aliphatic heterocycles. The predicted molar refractivity (Wildman–Crippen MR) is 73.0 cm³/mol. The summed E-state index contributed by atoms with van der Waals surface area (Å²) in [5, 5.41) is 11.6. The molecule has 1 saturated carbocycles. The van der Waals surface area contributed by atoms with Crippen molar-refractivity contribution in [1.82, 2.24) is 10.3 Å². The monoisotopic (exact) mass is 277 g/mol. The second kappa shape index (κ2) is 5.58. The van der Waals surface area contributed by atoms with E-state index in [1.54, 1.807) is 6.07 Å². The van der Waals surface area contributed by atoms with Crippen molar-refractivity contribution >= 4 is 11.9 Å². The van der Waals surface area contributed by atoms with Crippen LogP contribution in [-0.4, -0.2) is 28.0 Å². The third kappa shape index (κ3) is 2.80. The van der Waals surface area contributed by atoms with Gasteiger partial charge in [-0.25, -0.2) is 9.78 Å². The minimum absolute atomic E-state index is 0.00939. The number of aromatic carboxylic acids is 1. The summed E-state index contributed by atoms with van der Waals surface area (Å²) in [6, 6.07) is 2.97. The molecule has 1 aliphatic carbocycles. The van der Waals surface area contributed by atoms with Gasteiger partial charge in [-0.15, -0.1) is 0 Å². The first-order valence-electron chi connectivity index (χ1n) is 6.65. The molecule has 0 saturated heterocycles. The molecular weight excluding hydrogens is 258 g/mol. The van der Waals surface area contributed by atoms with Gasteiger partial charge in [0, 0.05) is 18.8 Å². The van der Waals surface area contributed by atoms with Gasteiger partial charge < -0.3 is 16.2 Å². The number of carbonyl (C=O) groups is 2. The summed E-state index contributed by atoms with van der Waals surface area (Å²) in [6.45, 7) is 2.22. The molecule has 0 bridgehead atoms. The van der Waals surface area contributed by atoms with Gasteiger partial charge in [-0.2, -0.15) is 0 Å². The smallest absolute Gasteiger partial charge is 0.354 e. The largest absolute Gasteiger partial charge is 0.477 e. The second-order valence-electron chi connectivity index (χ2n) is 5.46. The Morgan fingerprint density at radius 1 is 1.55 bits per heavy atom. The number of carboxylic acids is 1. The number of carboxylic acid groups (broad SMARTS) is 1. The van der Waals surface area contributed by atoms with Crippen molar-refractivity contribution in [2.75, 3.05) is 0 Å². The molecule has 1 amide bonds. The second-order valence-corrected chi connectivity index (χ2v) is 5.46. The molecule has 4 N–H and O–H groups in total. The van der Waals surface area contributed by atoms with Crippen molar-refractivity contribution in [2.45, 2.75) is 38.8 Å². The summed E-state index contributed by atoms with van der Waals surface area (Å²) >= 11 is 0. The van der Waals surface area contributed by atoms with E-state index in [1.807, 2.05) is 6.92 Å². The molecule has 0 spiro atoms. The summed E-state index contributed by atoms with van der Waals surface area (Å²) < 4.78 is 0. The highest BCUT2D eigenvalue weighted by Gasteiger charge is 2.42. The topological polar surface area (TPSA) is 105 Å². The number of hydrogen-bond donors (Lipinski definition) is 3. The third-order valence-electron chi connectivity index (χ3n) is 4.05. The SMILES string of the molecule is CC1(C(=O)NCc2ccc(C(=O)O)nc2)CCCC1N. The van der Waals surface area contributed by atoms with Crippen LogP contribution in [0.15, 0.2) is 18.3 Å². The highest BCUT2D eigenvalue weighted by atomic mass is 16.4. The summed E-state index contributed by atoms with van der Waals surface area (Å²) in [5.74, 6) is -1.12. The standard InChI is InChI=1S/C14H19N3O3/c1-14(6-2-3-11(14)15)13(20)17-8-9-4-5-10(12(18)19)16-7-9/h4-5,7,11H,2-3,6,8,15H2,1H3,(H,17,20)(H,18,19). The Morgan fingerprint density at radius 3 is 2.80 bits per heavy atom. The number of rotatable bonds is 4. The van der Waals surface area contributed by atoms with E-state index in [2.05, 4.69) is 10.3 Å². The van der Waals surface area contributed by atoms with Gasteiger partial charge in [0.25, 0.3) is 0 Å². The molecule has 1 aliphatic rings. The fourth-order valence-electron chi connectivity index (χ4n) is 2.51. The van der Waals surface area contributed by atoms with Gasteiger partial charge in [0.2, 0.25) is 5.91 Å². The number of nitrogens with one attached hydrogen (secondary N) is 1. The molecule has 6 heteroatoms. The maximum absolute atomic E-state index is 12.2. The lowest BCUT2D eigenvalue weighted by Crippen LogP contribution is -2.47. The van der Waals surface area contributed by atoms with Crippen molar-refractivity contribution in [2.24, 2.45) is 11.1 Å². The van der Waals surface area contributed by atoms with E-state index < -0.39 is 11.4 Å². The zero-order valence-corrected chi connectivity index (χ0v) is 11.4. The van der Waals surface area contributed by atoms with Crippen molar-refractivity contribution < 1.29 is 14.7 Å². The van der Waals surface area contributed by atoms with Crippen LogP contribution in [0.2, 0.25) is 0 Å². The van der Waals surface area contributed by atoms with E-state index in [-0.39, 0.29) is 17.6 Å². The van der Waals surface area contributed by atoms with Gasteiger partial charge in [-0.1, -0.05) is 12.5 Å². The zero-order valence-electron chi connectivity index (χ0n) is 11.4. The van der Waals surface area contributed by atoms with Crippen molar-refractivity contribution in [3.63, 3.8) is 0 Å². The lowest BCUT2D eigenvalue weighted by atomic mass is 9.84. The van der Waals surface area contributed by atoms with E-state index in [0.717, 1.165) is 24.8 Å². The number of nitrogens with zero attached hydrogens (tertiary/aromatic N) is 1. The number of pyridine rings is 1. The molecule has 2 unspecified atom stereocenters. The van der Waals surface area contributed by atoms with Gasteiger partial charge in [0.05, 0.1) is 5.41 Å². The van der Waals surface area contributed by atoms with E-state index in [4.69, 9.17) is 10.8 Å². The van der Waals surface area contributed by atoms with Crippen molar-refractivity contribution in [1.29, 1.82) is 0 Å². The lowest BCUT2D eigenvalue weighted by Gasteiger charge is -2.27. The average Bonchev–Trinajstić information content (AvgIpc) is 2.77. The molecule has 1 heterocycles. The molecule has 0 radical (unpaired) electrons. The van der Waals surface area contributed by atoms with Crippen LogP contribution >= 0.6 is 0 Å². The summed E-state index contributed by atoms with van der Waals surface area (Å²) in [7, 11) is 0. The molecule has 108 valence electrons. The van der Waals surface area contributed by atoms with E-state index in [1.165, 1.54) is 12.3 Å². The van der Waals surface area contributed by atoms with E-state index in [9.17, 15) is 9.59 Å². The minimum atomic E-state index is -1.06. The molecular formula is C14H19N3O3. The van der Waals surface area contributed by atoms with Crippen LogP contribution < -0.4 is 11.1 Å². The fraction of sp³-hybridized carbons (Fsp3) is 0.500. The van der Waals surface area contributed by atoms with Gasteiger partial charge in [-0.3, -0.25) is 4.79 Å². The zero-order chi connectivity index (χ0) is 14.8. The highest BCUT2D eigenvalue weighted by molar-refractivity contribution is 5.85. The van der Waals surface area contributed by atoms with Crippen LogP contribution in [0.5, 0.6) is 0 Å². The van der Waals surface area contributed by atoms with Gasteiger partial charge >= 0.3 is 5.97 Å². The maximum Gasteiger partial charge on any atom is 0.354 e. The van der Waals surface area contributed by atoms with Crippen LogP contribution in [-0.2, 0) is 11.3 Å². The molecule has 20 heavy (non-hydrogen) atoms. The highest BCUT2D eigenvalue weighted by Crippen LogP contribution is 2.36. The van der Waals surface area contributed by atoms with Crippen LogP contribution in [0.4, 0.5) is 0 Å². The van der Waals surface area contributed by atoms with Crippen molar-refractivity contribution in [3.05, 3.63) is 29.6 Å². The Morgan fingerprint density at radius 2 is 2.30 bits per heavy atom. The van der Waals surface area contributed by atoms with Crippen LogP contribution in [0.1, 0.15) is 42.2 Å². The van der Waals surface area contributed by atoms with Crippen LogP contribution in [0.25, 0.3) is 0 Å². The normalized spacial score (nSPS) is 25.4. The Balaban J connectivity index is 1.95. The first-order chi connectivity index (χ1) is 9.43. The minimum Gasteiger partial charge on any atom is -0.477 e. The third-order valence-corrected chi connectivity index (χ3v) is 4.05. The molecule has 0 aromatic carbocycles. The van der Waals surface area contributed by atoms with Crippen molar-refractivity contribution in [3.8, 4) is 0 Å². The number of amides is 1. The Labute approximate surface area is 117 Å². The van der Waals surface area contributed by atoms with E-state index >= 15 is 0 Å². The molecule has 2 atom stereocenters.